The van der Waals surface area contributed by atoms with Crippen LogP contribution in [0, 0.1) is 0 Å². The van der Waals surface area contributed by atoms with E-state index < -0.39 is 6.18 Å². The van der Waals surface area contributed by atoms with Crippen molar-refractivity contribution in [2.45, 2.75) is 31.9 Å². The zero-order valence-corrected chi connectivity index (χ0v) is 9.84. The Labute approximate surface area is 99.4 Å². The van der Waals surface area contributed by atoms with Crippen molar-refractivity contribution in [3.8, 4) is 0 Å². The van der Waals surface area contributed by atoms with Gasteiger partial charge in [-0.25, -0.2) is 0 Å². The zero-order valence-electron chi connectivity index (χ0n) is 9.84. The maximum Gasteiger partial charge on any atom is 0.410 e. The second-order valence-corrected chi connectivity index (χ2v) is 4.62. The summed E-state index contributed by atoms with van der Waals surface area (Å²) in [6, 6.07) is 0. The van der Waals surface area contributed by atoms with Gasteiger partial charge in [0.15, 0.2) is 0 Å². The van der Waals surface area contributed by atoms with Crippen LogP contribution in [0.5, 0.6) is 0 Å². The largest absolute Gasteiger partial charge is 0.410 e. The molecule has 0 aromatic carbocycles. The lowest BCUT2D eigenvalue weighted by Crippen LogP contribution is -2.34. The Morgan fingerprint density at radius 1 is 1.00 bits per heavy atom. The molecule has 5 heteroatoms. The maximum atomic E-state index is 12.3. The van der Waals surface area contributed by atoms with Crippen LogP contribution in [0.2, 0.25) is 0 Å². The zero-order chi connectivity index (χ0) is 12.3. The lowest BCUT2D eigenvalue weighted by molar-refractivity contribution is -0.510. The van der Waals surface area contributed by atoms with Gasteiger partial charge in [-0.05, 0) is 25.7 Å². The molecule has 0 aliphatic carbocycles. The highest BCUT2D eigenvalue weighted by Gasteiger charge is 2.29. The summed E-state index contributed by atoms with van der Waals surface area (Å²) in [6.45, 7) is 3.53. The maximum absolute atomic E-state index is 12.3. The SMILES string of the molecule is FC(F)(F)C=CC(N1CCCC1)=[N+]1CCCC1. The van der Waals surface area contributed by atoms with Crippen molar-refractivity contribution in [1.82, 2.24) is 4.90 Å². The van der Waals surface area contributed by atoms with Gasteiger partial charge in [0.2, 0.25) is 0 Å². The molecule has 0 unspecified atom stereocenters. The number of rotatable bonds is 1. The van der Waals surface area contributed by atoms with Gasteiger partial charge in [0.05, 0.1) is 26.2 Å². The molecule has 0 N–H and O–H groups in total. The molecular formula is C12H18F3N2+. The Kier molecular flexibility index (Phi) is 3.74. The summed E-state index contributed by atoms with van der Waals surface area (Å²) in [5, 5.41) is 0. The molecule has 2 aliphatic heterocycles. The van der Waals surface area contributed by atoms with E-state index in [1.54, 1.807) is 0 Å². The number of likely N-dealkylation sites (tertiary alicyclic amines) is 1. The van der Waals surface area contributed by atoms with Gasteiger partial charge in [0, 0.05) is 12.2 Å². The quantitative estimate of drug-likeness (QED) is 0.509. The molecule has 2 fully saturated rings. The van der Waals surface area contributed by atoms with E-state index >= 15 is 0 Å². The molecule has 0 atom stereocenters. The first-order chi connectivity index (χ1) is 8.06. The van der Waals surface area contributed by atoms with Gasteiger partial charge in [0.1, 0.15) is 0 Å². The van der Waals surface area contributed by atoms with E-state index in [0.717, 1.165) is 57.7 Å². The third-order valence-corrected chi connectivity index (χ3v) is 3.28. The standard InChI is InChI=1S/C12H18F3N2/c13-12(14,15)6-5-11(16-7-1-2-8-16)17-9-3-4-10-17/h5-6H,1-4,7-10H2/q+1. The monoisotopic (exact) mass is 247 g/mol. The smallest absolute Gasteiger partial charge is 0.262 e. The number of nitrogens with zero attached hydrogens (tertiary/aromatic N) is 2. The second-order valence-electron chi connectivity index (χ2n) is 4.62. The summed E-state index contributed by atoms with van der Waals surface area (Å²) in [4.78, 5) is 2.08. The van der Waals surface area contributed by atoms with Crippen LogP contribution in [0.1, 0.15) is 25.7 Å². The van der Waals surface area contributed by atoms with Crippen LogP contribution < -0.4 is 0 Å². The van der Waals surface area contributed by atoms with Gasteiger partial charge in [0.25, 0.3) is 5.84 Å². The van der Waals surface area contributed by atoms with Gasteiger partial charge in [-0.1, -0.05) is 0 Å². The topological polar surface area (TPSA) is 6.25 Å². The molecule has 0 saturated carbocycles. The molecule has 2 saturated heterocycles. The number of hydrogen-bond donors (Lipinski definition) is 0. The molecule has 0 aromatic rings. The Bertz CT molecular complexity index is 317. The van der Waals surface area contributed by atoms with Gasteiger partial charge < -0.3 is 0 Å². The summed E-state index contributed by atoms with van der Waals surface area (Å²) in [7, 11) is 0. The van der Waals surface area contributed by atoms with Crippen LogP contribution >= 0.6 is 0 Å². The first-order valence-electron chi connectivity index (χ1n) is 6.19. The lowest BCUT2D eigenvalue weighted by Gasteiger charge is -2.13. The predicted octanol–water partition coefficient (Wildman–Crippen LogP) is 2.41. The van der Waals surface area contributed by atoms with Gasteiger partial charge >= 0.3 is 6.18 Å². The number of amidine groups is 1. The summed E-state index contributed by atoms with van der Waals surface area (Å²) >= 11 is 0. The molecule has 0 bridgehead atoms. The van der Waals surface area contributed by atoms with Crippen molar-refractivity contribution in [3.63, 3.8) is 0 Å². The summed E-state index contributed by atoms with van der Waals surface area (Å²) in [6.07, 6.45) is 1.71. The van der Waals surface area contributed by atoms with Crippen molar-refractivity contribution in [2.24, 2.45) is 0 Å². The first-order valence-corrected chi connectivity index (χ1v) is 6.19. The van der Waals surface area contributed by atoms with E-state index in [0.29, 0.717) is 6.08 Å². The summed E-state index contributed by atoms with van der Waals surface area (Å²) in [5.74, 6) is 0.761. The minimum atomic E-state index is -4.22. The van der Waals surface area contributed by atoms with Crippen LogP contribution in [-0.2, 0) is 0 Å². The Morgan fingerprint density at radius 3 is 2.12 bits per heavy atom. The Hall–Kier alpha value is -1.00. The highest BCUT2D eigenvalue weighted by atomic mass is 19.4. The first kappa shape index (κ1) is 12.5. The predicted molar refractivity (Wildman–Crippen MR) is 60.2 cm³/mol. The third-order valence-electron chi connectivity index (χ3n) is 3.28. The normalized spacial score (nSPS) is 21.8. The molecule has 2 aliphatic rings. The average Bonchev–Trinajstić information content (AvgIpc) is 2.86. The van der Waals surface area contributed by atoms with Crippen LogP contribution in [-0.4, -0.2) is 47.7 Å². The van der Waals surface area contributed by atoms with Gasteiger partial charge in [-0.2, -0.15) is 13.2 Å². The molecule has 0 aromatic heterocycles. The fraction of sp³-hybridized carbons (Fsp3) is 0.750. The van der Waals surface area contributed by atoms with Crippen LogP contribution in [0.15, 0.2) is 12.2 Å². The van der Waals surface area contributed by atoms with Crippen molar-refractivity contribution in [1.29, 1.82) is 0 Å². The van der Waals surface area contributed by atoms with Crippen molar-refractivity contribution < 1.29 is 17.7 Å². The third kappa shape index (κ3) is 3.48. The van der Waals surface area contributed by atoms with E-state index in [2.05, 4.69) is 9.48 Å². The Morgan fingerprint density at radius 2 is 1.59 bits per heavy atom. The minimum Gasteiger partial charge on any atom is -0.262 e. The Balaban J connectivity index is 2.18. The van der Waals surface area contributed by atoms with E-state index in [1.165, 1.54) is 6.08 Å². The minimum absolute atomic E-state index is 0.360. The summed E-state index contributed by atoms with van der Waals surface area (Å²) < 4.78 is 38.8. The molecule has 0 amide bonds. The van der Waals surface area contributed by atoms with E-state index in [1.807, 2.05) is 0 Å². The van der Waals surface area contributed by atoms with Gasteiger partial charge in [-0.3, -0.25) is 9.48 Å². The lowest BCUT2D eigenvalue weighted by atomic mass is 10.4. The molecule has 2 rings (SSSR count). The highest BCUT2D eigenvalue weighted by molar-refractivity contribution is 5.89. The summed E-state index contributed by atoms with van der Waals surface area (Å²) in [5.41, 5.74) is 0. The molecule has 2 heterocycles. The molecule has 17 heavy (non-hydrogen) atoms. The fourth-order valence-corrected chi connectivity index (χ4v) is 2.47. The second kappa shape index (κ2) is 5.10. The molecule has 2 nitrogen and oxygen atoms in total. The van der Waals surface area contributed by atoms with E-state index in [9.17, 15) is 13.2 Å². The highest BCUT2D eigenvalue weighted by Crippen LogP contribution is 2.18. The van der Waals surface area contributed by atoms with E-state index in [4.69, 9.17) is 0 Å². The van der Waals surface area contributed by atoms with Crippen LogP contribution in [0.3, 0.4) is 0 Å². The molecular weight excluding hydrogens is 229 g/mol. The molecule has 0 radical (unpaired) electrons. The van der Waals surface area contributed by atoms with E-state index in [-0.39, 0.29) is 0 Å². The fourth-order valence-electron chi connectivity index (χ4n) is 2.47. The van der Waals surface area contributed by atoms with Crippen LogP contribution in [0.25, 0.3) is 0 Å². The molecule has 96 valence electrons. The van der Waals surface area contributed by atoms with Crippen molar-refractivity contribution in [2.75, 3.05) is 26.2 Å². The number of allylic oxidation sites excluding steroid dienone is 1. The van der Waals surface area contributed by atoms with Gasteiger partial charge in [-0.15, -0.1) is 0 Å². The number of alkyl halides is 3. The average molecular weight is 247 g/mol. The number of halogens is 3. The van der Waals surface area contributed by atoms with Crippen molar-refractivity contribution >= 4 is 5.84 Å². The van der Waals surface area contributed by atoms with Crippen LogP contribution in [0.4, 0.5) is 13.2 Å². The number of hydrogen-bond acceptors (Lipinski definition) is 0. The molecule has 0 spiro atoms. The van der Waals surface area contributed by atoms with Crippen molar-refractivity contribution in [3.05, 3.63) is 12.2 Å².